The zero-order chi connectivity index (χ0) is 91.0. The van der Waals surface area contributed by atoms with Crippen molar-refractivity contribution in [3.8, 4) is 45.3 Å². The number of fused-ring (bicyclic) bond motifs is 8. The van der Waals surface area contributed by atoms with Gasteiger partial charge in [0.1, 0.15) is 39.4 Å². The molecule has 0 spiro atoms. The van der Waals surface area contributed by atoms with Crippen LogP contribution >= 0.6 is 34.8 Å². The first-order valence-electron chi connectivity index (χ1n) is 40.1. The molecule has 28 nitrogen and oxygen atoms in total. The number of methoxy groups -OCH3 is 2. The molecule has 2 aliphatic rings. The molecule has 126 heavy (non-hydrogen) atoms. The zero-order valence-electron chi connectivity index (χ0n) is 73.3. The Hall–Kier alpha value is -12.0. The van der Waals surface area contributed by atoms with Gasteiger partial charge in [-0.2, -0.15) is 0 Å². The molecule has 5 N–H and O–H groups in total. The number of likely N-dealkylation sites (tertiary alicyclic amines) is 1. The number of rotatable bonds is 13. The number of hydrogen-bond donors (Lipinski definition) is 4. The molecule has 0 bridgehead atoms. The van der Waals surface area contributed by atoms with Crippen molar-refractivity contribution in [3.63, 3.8) is 0 Å². The molecule has 16 aromatic rings. The zero-order valence-corrected chi connectivity index (χ0v) is 74.6. The molecule has 648 valence electrons. The molecule has 12 aromatic heterocycles. The summed E-state index contributed by atoms with van der Waals surface area (Å²) in [5.74, 6) is 4.59. The number of carboxylic acids is 1. The first-order valence-corrected chi connectivity index (χ1v) is 40.6. The SMILES string of the molecule is CCOC(=O)c1cc2cc(-c3cc(Cl)c4cnccc4n3)ccc2n1C.CCOC(=O)c1cc2cc(B3OC(C)(C)C(C)(C)O3)ccc2n1C.CO.COc1cc(-c2ccc3c(c2)cc(C(=O)NC2CCN(C)CC2)n3C)nc2ccncc12.COc1cc(-c2ccc3c(c2)cc(C(=O)O)n3C)nc2ccncc12.Clc1cc(Cl)c2cnccc2n1.[2H]CF.[Li+].[NH-]O. The van der Waals surface area contributed by atoms with Gasteiger partial charge in [0.2, 0.25) is 0 Å². The van der Waals surface area contributed by atoms with Crippen LogP contribution in [0.3, 0.4) is 0 Å². The normalized spacial score (nSPS) is 13.3. The molecule has 14 heterocycles. The third kappa shape index (κ3) is 21.2. The standard InChI is InChI=1S/C25H27N5O2.C20H16ClN3O2.C19H15N3O3.C18H24BNO4.C8H4Cl2N2.CH3F.CH4O.Li.H2NO/c1-29-10-7-18(8-11-29)27-25(31)23-13-17-12-16(4-5-22(17)30(23)2)21-14-24(32-3)19-15-26-9-6-20(19)28-21;1-3-26-20(25)19-9-13-8-12(4-5-18(13)24(19)2)17-10-15(21)14-11-22-7-6-16(14)23-17;1-22-16-4-3-11(7-12(16)8-17(22)19(23)24)15-9-18(25-2)13-10-20-6-5-14(13)21-15;1-7-22-16(21)15-11-12-10-13(8-9-14(12)20(15)6)19-23-17(2,3)18(4,5)24-19;9-6-3-8(10)12-7-1-2-11-4-5(6)7;2*1-2;;1-2/h4-6,9,12-15,18H,7-8,10-11H2,1-3H3,(H,27,31);4-11H,3H2,1-2H3;3-10H,1-2H3,(H,23,24);8-11H,7H2,1-6H3;1-4H;1H3;2H,1H3;;1-2H/q;;;;;;;+1;-1/i;;;;;1D;;;. The van der Waals surface area contributed by atoms with E-state index in [4.69, 9.17) is 85.6 Å². The fourth-order valence-corrected chi connectivity index (χ4v) is 15.3. The molecule has 34 heteroatoms. The summed E-state index contributed by atoms with van der Waals surface area (Å²) in [4.78, 5) is 85.3. The van der Waals surface area contributed by atoms with E-state index in [1.165, 1.54) is 0 Å². The van der Waals surface area contributed by atoms with E-state index in [0.29, 0.717) is 51.2 Å². The van der Waals surface area contributed by atoms with Crippen molar-refractivity contribution in [1.82, 2.24) is 68.4 Å². The molecule has 2 aliphatic heterocycles. The Morgan fingerprint density at radius 3 is 1.28 bits per heavy atom. The molecule has 0 radical (unpaired) electrons. The number of carbonyl (C=O) groups is 4. The van der Waals surface area contributed by atoms with E-state index < -0.39 is 20.2 Å². The number of carbonyl (C=O) groups excluding carboxylic acids is 3. The van der Waals surface area contributed by atoms with Crippen LogP contribution in [0.4, 0.5) is 4.39 Å². The largest absolute Gasteiger partial charge is 1.00 e. The smallest absolute Gasteiger partial charge is 0.553 e. The van der Waals surface area contributed by atoms with Crippen molar-refractivity contribution in [3.05, 3.63) is 239 Å². The summed E-state index contributed by atoms with van der Waals surface area (Å²) in [5, 5.41) is 34.5. The van der Waals surface area contributed by atoms with Gasteiger partial charge < -0.3 is 78.1 Å². The van der Waals surface area contributed by atoms with Gasteiger partial charge in [-0.25, -0.2) is 34.3 Å². The Labute approximate surface area is 755 Å². The van der Waals surface area contributed by atoms with Gasteiger partial charge in [-0.3, -0.25) is 29.1 Å². The van der Waals surface area contributed by atoms with Crippen LogP contribution in [-0.2, 0) is 47.0 Å². The Balaban J connectivity index is 0.000000165. The number of nitrogens with one attached hydrogen (secondary N) is 2. The van der Waals surface area contributed by atoms with Gasteiger partial charge >= 0.3 is 43.9 Å². The van der Waals surface area contributed by atoms with Gasteiger partial charge in [0.25, 0.3) is 5.91 Å². The average Bonchev–Trinajstić information content (AvgIpc) is 1.80. The summed E-state index contributed by atoms with van der Waals surface area (Å²) in [6.07, 6.45) is 15.6. The number of ether oxygens (including phenoxy) is 4. The number of aromatic nitrogens is 12. The van der Waals surface area contributed by atoms with Crippen molar-refractivity contribution in [2.45, 2.75) is 71.6 Å². The summed E-state index contributed by atoms with van der Waals surface area (Å²) < 4.78 is 56.3. The molecular weight excluding hydrogens is 1670 g/mol. The predicted molar refractivity (Wildman–Crippen MR) is 489 cm³/mol. The van der Waals surface area contributed by atoms with Crippen LogP contribution in [0.5, 0.6) is 11.5 Å². The summed E-state index contributed by atoms with van der Waals surface area (Å²) >= 11 is 18.0. The van der Waals surface area contributed by atoms with Gasteiger partial charge in [-0.15, -0.1) is 0 Å². The van der Waals surface area contributed by atoms with Crippen LogP contribution in [0.1, 0.15) is 97.7 Å². The molecular formula is C92H95BCl3FLiN15O13. The fraction of sp³-hybridized carbons (Fsp3) is 0.261. The molecule has 4 aromatic carbocycles. The van der Waals surface area contributed by atoms with Gasteiger partial charge in [-0.05, 0) is 183 Å². The second-order valence-electron chi connectivity index (χ2n) is 29.8. The van der Waals surface area contributed by atoms with Gasteiger partial charge in [0, 0.05) is 174 Å². The molecule has 18 rings (SSSR count). The number of hydrogen-bond acceptors (Lipinski definition) is 21. The third-order valence-corrected chi connectivity index (χ3v) is 22.6. The number of alkyl halides is 1. The van der Waals surface area contributed by atoms with Crippen molar-refractivity contribution in [2.24, 2.45) is 28.2 Å². The Bertz CT molecular complexity index is 6640. The number of amides is 1. The number of aromatic carboxylic acids is 1. The first kappa shape index (κ1) is 94.7. The fourth-order valence-electron chi connectivity index (χ4n) is 14.5. The molecule has 0 aliphatic carbocycles. The number of aliphatic hydroxyl groups is 1. The third-order valence-electron chi connectivity index (χ3n) is 21.8. The number of aryl methyl sites for hydroxylation is 4. The van der Waals surface area contributed by atoms with E-state index in [1.807, 2.05) is 184 Å². The topological polar surface area (TPSA) is 346 Å². The van der Waals surface area contributed by atoms with Crippen LogP contribution in [-0.4, -0.2) is 188 Å². The van der Waals surface area contributed by atoms with Crippen molar-refractivity contribution in [2.75, 3.05) is 61.8 Å². The minimum atomic E-state index is -1.00. The van der Waals surface area contributed by atoms with Gasteiger partial charge in [0.15, 0.2) is 0 Å². The Morgan fingerprint density at radius 2 is 0.865 bits per heavy atom. The summed E-state index contributed by atoms with van der Waals surface area (Å²) in [6, 6.07) is 46.0. The molecule has 0 saturated carbocycles. The number of benzene rings is 4. The predicted octanol–water partition coefficient (Wildman–Crippen LogP) is 15.0. The number of esters is 2. The summed E-state index contributed by atoms with van der Waals surface area (Å²) in [7, 11) is 12.4. The second-order valence-corrected chi connectivity index (χ2v) is 31.0. The number of aliphatic hydroxyl groups excluding tert-OH is 1. The van der Waals surface area contributed by atoms with Crippen LogP contribution < -0.4 is 39.1 Å². The minimum absolute atomic E-state index is 0. The van der Waals surface area contributed by atoms with Crippen molar-refractivity contribution < 1.29 is 87.5 Å². The monoisotopic (exact) mass is 1760 g/mol. The number of nitrogens with zero attached hydrogens (tertiary/aromatic N) is 13. The summed E-state index contributed by atoms with van der Waals surface area (Å²) in [6.45, 7) is 14.5. The van der Waals surface area contributed by atoms with E-state index in [1.54, 1.807) is 107 Å². The minimum Gasteiger partial charge on any atom is -0.553 e. The quantitative estimate of drug-likeness (QED) is 0.0360. The van der Waals surface area contributed by atoms with Crippen LogP contribution in [0, 0.1) is 0 Å². The van der Waals surface area contributed by atoms with Gasteiger partial charge in [-0.1, -0.05) is 65.1 Å². The average molecular weight is 1760 g/mol. The molecule has 0 atom stereocenters. The van der Waals surface area contributed by atoms with E-state index in [-0.39, 0.29) is 59.6 Å². The van der Waals surface area contributed by atoms with E-state index in [2.05, 4.69) is 58.2 Å². The molecule has 2 fully saturated rings. The molecule has 2 saturated heterocycles. The molecule has 0 unspecified atom stereocenters. The van der Waals surface area contributed by atoms with Crippen LogP contribution in [0.25, 0.3) is 127 Å². The number of carboxylic acid groups (broad SMARTS) is 1. The van der Waals surface area contributed by atoms with E-state index in [9.17, 15) is 28.7 Å². The Morgan fingerprint density at radius 1 is 0.516 bits per heavy atom. The van der Waals surface area contributed by atoms with Gasteiger partial charge in [0.05, 0.1) is 107 Å². The number of pyridine rings is 8. The van der Waals surface area contributed by atoms with Crippen LogP contribution in [0.2, 0.25) is 15.2 Å². The van der Waals surface area contributed by atoms with E-state index >= 15 is 0 Å². The molecule has 1 amide bonds. The number of piperidine rings is 1. The maximum absolute atomic E-state index is 13.0. The summed E-state index contributed by atoms with van der Waals surface area (Å²) in [5.41, 5.74) is 14.3. The first-order chi connectivity index (χ1) is 60.5. The van der Waals surface area contributed by atoms with Crippen molar-refractivity contribution >= 4 is 158 Å². The van der Waals surface area contributed by atoms with Crippen molar-refractivity contribution in [1.29, 1.82) is 0 Å². The Kier molecular flexibility index (Phi) is 32.1. The maximum Gasteiger partial charge on any atom is 1.00 e. The maximum atomic E-state index is 13.0. The number of halogens is 4. The van der Waals surface area contributed by atoms with E-state index in [0.717, 1.165) is 165 Å². The van der Waals surface area contributed by atoms with Crippen LogP contribution in [0.15, 0.2) is 195 Å². The second kappa shape index (κ2) is 42.8.